The molecule has 1 aromatic carbocycles. The number of allylic oxidation sites excluding steroid dienone is 1. The van der Waals surface area contributed by atoms with Crippen molar-refractivity contribution in [3.8, 4) is 0 Å². The third-order valence-electron chi connectivity index (χ3n) is 9.40. The van der Waals surface area contributed by atoms with E-state index in [1.165, 1.54) is 59.6 Å². The van der Waals surface area contributed by atoms with E-state index < -0.39 is 0 Å². The zero-order valence-electron chi connectivity index (χ0n) is 24.9. The Kier molecular flexibility index (Phi) is 8.00. The summed E-state index contributed by atoms with van der Waals surface area (Å²) in [4.78, 5) is 20.7. The quantitative estimate of drug-likeness (QED) is 0.217. The number of Topliss-reactive ketones (excluding diaryl/α,β-unsaturated/α-hetero) is 1. The van der Waals surface area contributed by atoms with Crippen molar-refractivity contribution in [2.75, 3.05) is 37.4 Å². The van der Waals surface area contributed by atoms with E-state index in [1.807, 2.05) is 13.0 Å². The predicted octanol–water partition coefficient (Wildman–Crippen LogP) is 7.66. The third kappa shape index (κ3) is 5.99. The highest BCUT2D eigenvalue weighted by atomic mass is 16.1. The molecule has 2 aromatic rings. The number of aryl methyl sites for hydroxylation is 2. The van der Waals surface area contributed by atoms with Gasteiger partial charge in [-0.3, -0.25) is 9.78 Å². The van der Waals surface area contributed by atoms with Gasteiger partial charge < -0.3 is 14.7 Å². The van der Waals surface area contributed by atoms with E-state index in [9.17, 15) is 4.79 Å². The maximum Gasteiger partial charge on any atom is 0.163 e. The highest BCUT2D eigenvalue weighted by Gasteiger charge is 2.34. The lowest BCUT2D eigenvalue weighted by molar-refractivity contribution is -0.905. The Morgan fingerprint density at radius 2 is 1.90 bits per heavy atom. The van der Waals surface area contributed by atoms with E-state index in [-0.39, 0.29) is 5.78 Å². The Balaban J connectivity index is 1.26. The molecule has 2 aliphatic heterocycles. The zero-order valence-corrected chi connectivity index (χ0v) is 24.9. The fraction of sp³-hybridized carbons (Fsp3) is 0.529. The van der Waals surface area contributed by atoms with Crippen LogP contribution < -0.4 is 10.2 Å². The maximum atomic E-state index is 13.3. The van der Waals surface area contributed by atoms with E-state index in [0.29, 0.717) is 12.5 Å². The van der Waals surface area contributed by atoms with Gasteiger partial charge in [-0.1, -0.05) is 24.5 Å². The number of carbonyl (C=O) groups excluding carboxylic acids is 1. The number of pyridine rings is 1. The Hall–Kier alpha value is -2.92. The molecular weight excluding hydrogens is 480 g/mol. The smallest absolute Gasteiger partial charge is 0.163 e. The number of hydrogen-bond acceptors (Lipinski definition) is 4. The summed E-state index contributed by atoms with van der Waals surface area (Å²) >= 11 is 0. The van der Waals surface area contributed by atoms with Gasteiger partial charge in [0.15, 0.2) is 5.78 Å². The van der Waals surface area contributed by atoms with Gasteiger partial charge in [0.1, 0.15) is 11.9 Å². The second-order valence-corrected chi connectivity index (χ2v) is 12.8. The molecule has 1 fully saturated rings. The minimum Gasteiger partial charge on any atom is -0.340 e. The Bertz CT molecular complexity index is 1300. The van der Waals surface area contributed by atoms with Gasteiger partial charge in [-0.05, 0) is 95.2 Å². The highest BCUT2D eigenvalue weighted by molar-refractivity contribution is 5.97. The summed E-state index contributed by atoms with van der Waals surface area (Å²) in [6.45, 7) is 10.9. The van der Waals surface area contributed by atoms with Crippen LogP contribution in [-0.4, -0.2) is 48.5 Å². The van der Waals surface area contributed by atoms with Crippen molar-refractivity contribution in [2.45, 2.75) is 85.1 Å². The van der Waals surface area contributed by atoms with E-state index in [4.69, 9.17) is 4.98 Å². The van der Waals surface area contributed by atoms with Crippen molar-refractivity contribution in [3.63, 3.8) is 0 Å². The first-order valence-electron chi connectivity index (χ1n) is 15.0. The van der Waals surface area contributed by atoms with Crippen LogP contribution in [0.2, 0.25) is 0 Å². The minimum atomic E-state index is 0.219. The summed E-state index contributed by atoms with van der Waals surface area (Å²) in [5.74, 6) is 2.17. The number of nitrogens with one attached hydrogen (secondary N) is 1. The molecule has 5 rings (SSSR count). The summed E-state index contributed by atoms with van der Waals surface area (Å²) in [6, 6.07) is 11.1. The fourth-order valence-corrected chi connectivity index (χ4v) is 6.65. The summed E-state index contributed by atoms with van der Waals surface area (Å²) in [5, 5.41) is 3.66. The van der Waals surface area contributed by atoms with Crippen LogP contribution in [-0.2, 0) is 0 Å². The van der Waals surface area contributed by atoms with Gasteiger partial charge in [-0.15, -0.1) is 0 Å². The van der Waals surface area contributed by atoms with Crippen LogP contribution in [0.4, 0.5) is 11.4 Å². The number of benzene rings is 1. The summed E-state index contributed by atoms with van der Waals surface area (Å²) in [5.41, 5.74) is 9.23. The standard InChI is InChI=1S/C34H47N4O/c1-23-15-16-29-31(19-23)37(22-27-11-7-8-12-27)33(36-29)14-10-9-13-32(39)28-20-25(3)35-30(21-28)34-24(2)17-18-38(5,6)26(34)4/h14-16,19-21,26-27,36H,7-13,17-18,22H2,1-6H3/q+1/b33-14-. The van der Waals surface area contributed by atoms with Gasteiger partial charge in [-0.2, -0.15) is 0 Å². The van der Waals surface area contributed by atoms with Crippen molar-refractivity contribution >= 4 is 22.7 Å². The summed E-state index contributed by atoms with van der Waals surface area (Å²) in [6.07, 6.45) is 11.0. The molecule has 208 valence electrons. The number of unbranched alkanes of at least 4 members (excludes halogenated alkanes) is 1. The number of aromatic nitrogens is 1. The SMILES string of the molecule is CC1=C(c2cc(C(=O)CCC/C=C3/Nc4ccc(C)cc4N3CC3CCCC3)cc(C)n2)C(C)[N+](C)(C)CC1. The number of carbonyl (C=O) groups is 1. The average Bonchev–Trinajstić information content (AvgIpc) is 3.52. The number of likely N-dealkylation sites (N-methyl/N-ethyl adjacent to an activating group) is 1. The molecule has 5 heteroatoms. The maximum absolute atomic E-state index is 13.3. The molecule has 3 aliphatic rings. The van der Waals surface area contributed by atoms with E-state index in [1.54, 1.807) is 0 Å². The first kappa shape index (κ1) is 27.6. The number of anilines is 2. The van der Waals surface area contributed by atoms with E-state index in [2.05, 4.69) is 75.4 Å². The molecule has 3 heterocycles. The van der Waals surface area contributed by atoms with Crippen molar-refractivity contribution in [2.24, 2.45) is 5.92 Å². The van der Waals surface area contributed by atoms with Gasteiger partial charge in [0.05, 0.1) is 37.7 Å². The molecule has 1 atom stereocenters. The Labute approximate surface area is 235 Å². The third-order valence-corrected chi connectivity index (χ3v) is 9.40. The summed E-state index contributed by atoms with van der Waals surface area (Å²) < 4.78 is 0.954. The molecule has 39 heavy (non-hydrogen) atoms. The number of hydrogen-bond donors (Lipinski definition) is 1. The number of rotatable bonds is 8. The van der Waals surface area contributed by atoms with Crippen molar-refractivity contribution in [3.05, 3.63) is 70.3 Å². The van der Waals surface area contributed by atoms with Crippen LogP contribution in [0.3, 0.4) is 0 Å². The van der Waals surface area contributed by atoms with Crippen LogP contribution in [0.1, 0.15) is 92.5 Å². The molecule has 5 nitrogen and oxygen atoms in total. The van der Waals surface area contributed by atoms with Gasteiger partial charge in [0, 0.05) is 36.2 Å². The number of fused-ring (bicyclic) bond motifs is 1. The number of quaternary nitrogens is 1. The number of ketones is 1. The lowest BCUT2D eigenvalue weighted by Gasteiger charge is -2.41. The molecule has 1 N–H and O–H groups in total. The van der Waals surface area contributed by atoms with Crippen LogP contribution in [0.5, 0.6) is 0 Å². The predicted molar refractivity (Wildman–Crippen MR) is 163 cm³/mol. The minimum absolute atomic E-state index is 0.219. The van der Waals surface area contributed by atoms with E-state index in [0.717, 1.165) is 59.7 Å². The molecule has 1 saturated carbocycles. The lowest BCUT2D eigenvalue weighted by atomic mass is 9.89. The first-order valence-corrected chi connectivity index (χ1v) is 15.0. The highest BCUT2D eigenvalue weighted by Crippen LogP contribution is 2.40. The van der Waals surface area contributed by atoms with E-state index >= 15 is 0 Å². The molecule has 1 unspecified atom stereocenters. The fourth-order valence-electron chi connectivity index (χ4n) is 6.65. The second-order valence-electron chi connectivity index (χ2n) is 12.8. The molecular formula is C34H47N4O+. The molecule has 0 amide bonds. The molecule has 1 aliphatic carbocycles. The van der Waals surface area contributed by atoms with Crippen LogP contribution in [0.25, 0.3) is 5.57 Å². The normalized spacial score (nSPS) is 21.9. The number of nitrogens with zero attached hydrogens (tertiary/aromatic N) is 3. The summed E-state index contributed by atoms with van der Waals surface area (Å²) in [7, 11) is 4.59. The molecule has 1 aromatic heterocycles. The van der Waals surface area contributed by atoms with Gasteiger partial charge in [0.2, 0.25) is 0 Å². The van der Waals surface area contributed by atoms with Crippen molar-refractivity contribution in [1.82, 2.24) is 4.98 Å². The average molecular weight is 528 g/mol. The Morgan fingerprint density at radius 1 is 1.13 bits per heavy atom. The van der Waals surface area contributed by atoms with Crippen LogP contribution in [0, 0.1) is 19.8 Å². The second kappa shape index (κ2) is 11.3. The monoisotopic (exact) mass is 527 g/mol. The molecule has 0 bridgehead atoms. The molecule has 0 radical (unpaired) electrons. The van der Waals surface area contributed by atoms with Gasteiger partial charge in [-0.25, -0.2) is 0 Å². The largest absolute Gasteiger partial charge is 0.340 e. The zero-order chi connectivity index (χ0) is 27.7. The molecule has 0 spiro atoms. The topological polar surface area (TPSA) is 45.2 Å². The molecule has 0 saturated heterocycles. The Morgan fingerprint density at radius 3 is 2.67 bits per heavy atom. The van der Waals surface area contributed by atoms with Gasteiger partial charge in [0.25, 0.3) is 0 Å². The van der Waals surface area contributed by atoms with Gasteiger partial charge >= 0.3 is 0 Å². The van der Waals surface area contributed by atoms with Crippen molar-refractivity contribution < 1.29 is 9.28 Å². The van der Waals surface area contributed by atoms with Crippen LogP contribution >= 0.6 is 0 Å². The lowest BCUT2D eigenvalue weighted by Crippen LogP contribution is -2.51. The first-order chi connectivity index (χ1) is 18.6. The van der Waals surface area contributed by atoms with Crippen molar-refractivity contribution in [1.29, 1.82) is 0 Å². The van der Waals surface area contributed by atoms with Crippen LogP contribution in [0.15, 0.2) is 47.8 Å².